The Morgan fingerprint density at radius 2 is 2.00 bits per heavy atom. The fourth-order valence-corrected chi connectivity index (χ4v) is 3.28. The molecule has 2 heterocycles. The summed E-state index contributed by atoms with van der Waals surface area (Å²) >= 11 is 0. The molecule has 1 fully saturated rings. The van der Waals surface area contributed by atoms with E-state index in [1.54, 1.807) is 24.9 Å². The van der Waals surface area contributed by atoms with Crippen molar-refractivity contribution in [1.29, 1.82) is 0 Å². The SMILES string of the molecule is Cn1cnc2c([C@@H]3C[C@H](CO)[C@@H](O)[C@H]3O)cn(C)c2c1=O. The maximum absolute atomic E-state index is 12.2. The van der Waals surface area contributed by atoms with E-state index in [0.29, 0.717) is 17.5 Å². The summed E-state index contributed by atoms with van der Waals surface area (Å²) in [7, 11) is 3.40. The quantitative estimate of drug-likeness (QED) is 0.665. The number of aliphatic hydroxyl groups excluding tert-OH is 3. The van der Waals surface area contributed by atoms with E-state index in [4.69, 9.17) is 0 Å². The molecular weight excluding hydrogens is 274 g/mol. The fourth-order valence-electron chi connectivity index (χ4n) is 3.28. The highest BCUT2D eigenvalue weighted by Gasteiger charge is 2.43. The molecule has 7 nitrogen and oxygen atoms in total. The van der Waals surface area contributed by atoms with Crippen LogP contribution in [0.4, 0.5) is 0 Å². The Hall–Kier alpha value is -1.70. The first-order valence-corrected chi connectivity index (χ1v) is 6.93. The summed E-state index contributed by atoms with van der Waals surface area (Å²) in [6, 6.07) is 0. The van der Waals surface area contributed by atoms with E-state index in [-0.39, 0.29) is 24.0 Å². The second-order valence-electron chi connectivity index (χ2n) is 5.82. The van der Waals surface area contributed by atoms with E-state index in [2.05, 4.69) is 4.98 Å². The van der Waals surface area contributed by atoms with Gasteiger partial charge in [0.05, 0.1) is 24.1 Å². The summed E-state index contributed by atoms with van der Waals surface area (Å²) < 4.78 is 3.11. The normalized spacial score (nSPS) is 29.4. The zero-order valence-corrected chi connectivity index (χ0v) is 12.0. The van der Waals surface area contributed by atoms with Gasteiger partial charge in [0.15, 0.2) is 0 Å². The molecule has 1 aliphatic rings. The van der Waals surface area contributed by atoms with Crippen LogP contribution in [0.25, 0.3) is 11.0 Å². The summed E-state index contributed by atoms with van der Waals surface area (Å²) in [5, 5.41) is 29.5. The van der Waals surface area contributed by atoms with Gasteiger partial charge in [0.25, 0.3) is 5.56 Å². The van der Waals surface area contributed by atoms with Crippen molar-refractivity contribution in [1.82, 2.24) is 14.1 Å². The van der Waals surface area contributed by atoms with Crippen molar-refractivity contribution in [2.45, 2.75) is 24.5 Å². The van der Waals surface area contributed by atoms with Crippen LogP contribution in [-0.2, 0) is 14.1 Å². The first kappa shape index (κ1) is 14.2. The van der Waals surface area contributed by atoms with Crippen molar-refractivity contribution in [3.8, 4) is 0 Å². The van der Waals surface area contributed by atoms with Crippen molar-refractivity contribution in [2.75, 3.05) is 6.61 Å². The van der Waals surface area contributed by atoms with E-state index in [9.17, 15) is 20.1 Å². The van der Waals surface area contributed by atoms with E-state index in [1.807, 2.05) is 0 Å². The predicted molar refractivity (Wildman–Crippen MR) is 75.9 cm³/mol. The maximum atomic E-state index is 12.2. The van der Waals surface area contributed by atoms with Crippen LogP contribution in [0.15, 0.2) is 17.3 Å². The highest BCUT2D eigenvalue weighted by atomic mass is 16.3. The largest absolute Gasteiger partial charge is 0.396 e. The Balaban J connectivity index is 2.14. The number of aryl methyl sites for hydroxylation is 2. The minimum absolute atomic E-state index is 0.152. The number of aliphatic hydroxyl groups is 3. The van der Waals surface area contributed by atoms with Crippen molar-refractivity contribution in [3.05, 3.63) is 28.4 Å². The summed E-state index contributed by atoms with van der Waals surface area (Å²) in [5.74, 6) is -0.688. The maximum Gasteiger partial charge on any atom is 0.277 e. The lowest BCUT2D eigenvalue weighted by atomic mass is 9.96. The van der Waals surface area contributed by atoms with Gasteiger partial charge < -0.3 is 24.5 Å². The molecule has 0 bridgehead atoms. The molecule has 0 amide bonds. The second-order valence-corrected chi connectivity index (χ2v) is 5.82. The lowest BCUT2D eigenvalue weighted by Crippen LogP contribution is -2.28. The van der Waals surface area contributed by atoms with Gasteiger partial charge in [-0.2, -0.15) is 0 Å². The topological polar surface area (TPSA) is 101 Å². The standard InChI is InChI=1S/C14H19N3O4/c1-16-4-9(8-3-7(5-18)12(19)13(8)20)10-11(16)14(21)17(2)6-15-10/h4,6-8,12-13,18-20H,3,5H2,1-2H3/t7-,8+,12-,13+/m1/s1. The van der Waals surface area contributed by atoms with Gasteiger partial charge in [-0.05, 0) is 6.42 Å². The second kappa shape index (κ2) is 4.94. The summed E-state index contributed by atoms with van der Waals surface area (Å²) in [6.07, 6.45) is 1.78. The highest BCUT2D eigenvalue weighted by molar-refractivity contribution is 5.79. The van der Waals surface area contributed by atoms with Crippen LogP contribution in [-0.4, -0.2) is 48.3 Å². The molecule has 3 rings (SSSR count). The van der Waals surface area contributed by atoms with Crippen LogP contribution < -0.4 is 5.56 Å². The average molecular weight is 293 g/mol. The first-order valence-electron chi connectivity index (χ1n) is 6.93. The molecule has 0 saturated heterocycles. The molecule has 2 aromatic heterocycles. The van der Waals surface area contributed by atoms with Crippen molar-refractivity contribution in [3.63, 3.8) is 0 Å². The lowest BCUT2D eigenvalue weighted by molar-refractivity contribution is 0.00240. The van der Waals surface area contributed by atoms with Crippen LogP contribution in [0.1, 0.15) is 17.9 Å². The molecule has 3 N–H and O–H groups in total. The zero-order valence-electron chi connectivity index (χ0n) is 12.0. The van der Waals surface area contributed by atoms with Crippen molar-refractivity contribution in [2.24, 2.45) is 20.0 Å². The number of hydrogen-bond donors (Lipinski definition) is 3. The third-order valence-corrected chi connectivity index (χ3v) is 4.50. The Bertz CT molecular complexity index is 736. The molecule has 4 atom stereocenters. The minimum Gasteiger partial charge on any atom is -0.396 e. The van der Waals surface area contributed by atoms with E-state index >= 15 is 0 Å². The molecule has 0 radical (unpaired) electrons. The third kappa shape index (κ3) is 2.00. The van der Waals surface area contributed by atoms with Crippen LogP contribution in [0, 0.1) is 5.92 Å². The first-order chi connectivity index (χ1) is 9.95. The summed E-state index contributed by atoms with van der Waals surface area (Å²) in [5.41, 5.74) is 1.62. The molecule has 0 aliphatic heterocycles. The van der Waals surface area contributed by atoms with Gasteiger partial charge in [0.1, 0.15) is 5.52 Å². The smallest absolute Gasteiger partial charge is 0.277 e. The Labute approximate surface area is 121 Å². The molecule has 21 heavy (non-hydrogen) atoms. The predicted octanol–water partition coefficient (Wildman–Crippen LogP) is -0.910. The van der Waals surface area contributed by atoms with Crippen LogP contribution in [0.5, 0.6) is 0 Å². The molecule has 114 valence electrons. The van der Waals surface area contributed by atoms with Crippen molar-refractivity contribution >= 4 is 11.0 Å². The molecule has 7 heteroatoms. The van der Waals surface area contributed by atoms with Crippen molar-refractivity contribution < 1.29 is 15.3 Å². The Kier molecular flexibility index (Phi) is 3.35. The molecule has 1 saturated carbocycles. The lowest BCUT2D eigenvalue weighted by Gasteiger charge is -2.15. The van der Waals surface area contributed by atoms with Gasteiger partial charge in [0, 0.05) is 44.3 Å². The average Bonchev–Trinajstić information content (AvgIpc) is 2.94. The molecular formula is C14H19N3O4. The minimum atomic E-state index is -0.960. The van der Waals surface area contributed by atoms with E-state index in [0.717, 1.165) is 5.56 Å². The molecule has 0 aromatic carbocycles. The highest BCUT2D eigenvalue weighted by Crippen LogP contribution is 2.40. The summed E-state index contributed by atoms with van der Waals surface area (Å²) in [4.78, 5) is 16.5. The van der Waals surface area contributed by atoms with Gasteiger partial charge in [-0.3, -0.25) is 4.79 Å². The number of aromatic nitrogens is 3. The monoisotopic (exact) mass is 293 g/mol. The number of nitrogens with zero attached hydrogens (tertiary/aromatic N) is 3. The molecule has 2 aromatic rings. The third-order valence-electron chi connectivity index (χ3n) is 4.50. The summed E-state index contributed by atoms with van der Waals surface area (Å²) in [6.45, 7) is -0.172. The van der Waals surface area contributed by atoms with Gasteiger partial charge in [0.2, 0.25) is 0 Å². The fraction of sp³-hybridized carbons (Fsp3) is 0.571. The number of rotatable bonds is 2. The molecule has 0 spiro atoms. The Morgan fingerprint density at radius 1 is 1.29 bits per heavy atom. The van der Waals surface area contributed by atoms with E-state index in [1.165, 1.54) is 10.9 Å². The van der Waals surface area contributed by atoms with Crippen LogP contribution in [0.3, 0.4) is 0 Å². The zero-order chi connectivity index (χ0) is 15.3. The Morgan fingerprint density at radius 3 is 2.62 bits per heavy atom. The van der Waals surface area contributed by atoms with Crippen LogP contribution in [0.2, 0.25) is 0 Å². The van der Waals surface area contributed by atoms with Gasteiger partial charge in [-0.25, -0.2) is 4.98 Å². The van der Waals surface area contributed by atoms with Gasteiger partial charge in [-0.15, -0.1) is 0 Å². The molecule has 1 aliphatic carbocycles. The van der Waals surface area contributed by atoms with Gasteiger partial charge >= 0.3 is 0 Å². The van der Waals surface area contributed by atoms with Gasteiger partial charge in [-0.1, -0.05) is 0 Å². The number of hydrogen-bond acceptors (Lipinski definition) is 5. The van der Waals surface area contributed by atoms with E-state index < -0.39 is 12.2 Å². The number of fused-ring (bicyclic) bond motifs is 1. The van der Waals surface area contributed by atoms with Crippen LogP contribution >= 0.6 is 0 Å². The molecule has 0 unspecified atom stereocenters.